The lowest BCUT2D eigenvalue weighted by Gasteiger charge is -2.37. The Morgan fingerprint density at radius 2 is 2.29 bits per heavy atom. The Hall–Kier alpha value is -1.10. The van der Waals surface area contributed by atoms with E-state index in [1.807, 2.05) is 32.0 Å². The summed E-state index contributed by atoms with van der Waals surface area (Å²) in [5, 5.41) is 3.47. The number of rotatable bonds is 4. The Bertz CT molecular complexity index is 504. The molecule has 0 saturated carbocycles. The summed E-state index contributed by atoms with van der Waals surface area (Å²) in [6.07, 6.45) is 3.38. The number of carbonyl (C=O) groups is 1. The van der Waals surface area contributed by atoms with Crippen molar-refractivity contribution in [3.05, 3.63) is 28.8 Å². The van der Waals surface area contributed by atoms with Gasteiger partial charge in [-0.2, -0.15) is 0 Å². The summed E-state index contributed by atoms with van der Waals surface area (Å²) in [6, 6.07) is 6.00. The fourth-order valence-electron chi connectivity index (χ4n) is 2.90. The minimum atomic E-state index is -0.0340. The molecule has 1 aliphatic rings. The molecule has 1 saturated heterocycles. The van der Waals surface area contributed by atoms with E-state index in [4.69, 9.17) is 17.3 Å². The van der Waals surface area contributed by atoms with Crippen LogP contribution in [0.15, 0.2) is 18.2 Å². The van der Waals surface area contributed by atoms with Crippen LogP contribution in [-0.2, 0) is 4.79 Å². The van der Waals surface area contributed by atoms with Crippen LogP contribution in [0.4, 0.5) is 5.69 Å². The Morgan fingerprint density at radius 1 is 1.52 bits per heavy atom. The number of aryl methyl sites for hydroxylation is 1. The van der Waals surface area contributed by atoms with Gasteiger partial charge in [0, 0.05) is 12.1 Å². The topological polar surface area (TPSA) is 58.4 Å². The van der Waals surface area contributed by atoms with E-state index in [1.165, 1.54) is 6.42 Å². The molecule has 0 aliphatic carbocycles. The number of anilines is 1. The predicted molar refractivity (Wildman–Crippen MR) is 87.7 cm³/mol. The second kappa shape index (κ2) is 7.25. The van der Waals surface area contributed by atoms with Crippen LogP contribution < -0.4 is 11.1 Å². The highest BCUT2D eigenvalue weighted by molar-refractivity contribution is 6.33. The van der Waals surface area contributed by atoms with Gasteiger partial charge in [0.25, 0.3) is 0 Å². The number of likely N-dealkylation sites (tertiary alicyclic amines) is 1. The molecule has 21 heavy (non-hydrogen) atoms. The van der Waals surface area contributed by atoms with Gasteiger partial charge < -0.3 is 11.1 Å². The summed E-state index contributed by atoms with van der Waals surface area (Å²) in [6.45, 7) is 5.29. The molecule has 3 N–H and O–H groups in total. The molecule has 116 valence electrons. The first kappa shape index (κ1) is 16.3. The van der Waals surface area contributed by atoms with Crippen LogP contribution in [-0.4, -0.2) is 36.0 Å². The van der Waals surface area contributed by atoms with Crippen molar-refractivity contribution >= 4 is 23.2 Å². The zero-order chi connectivity index (χ0) is 15.4. The molecule has 1 aliphatic heterocycles. The van der Waals surface area contributed by atoms with Crippen LogP contribution in [0.5, 0.6) is 0 Å². The minimum Gasteiger partial charge on any atom is -0.327 e. The second-order valence-electron chi connectivity index (χ2n) is 5.92. The van der Waals surface area contributed by atoms with Crippen molar-refractivity contribution < 1.29 is 4.79 Å². The number of piperidine rings is 1. The zero-order valence-corrected chi connectivity index (χ0v) is 13.5. The van der Waals surface area contributed by atoms with Gasteiger partial charge in [0.05, 0.1) is 17.3 Å². The molecule has 2 atom stereocenters. The molecule has 0 spiro atoms. The van der Waals surface area contributed by atoms with Crippen LogP contribution in [0.2, 0.25) is 5.02 Å². The molecule has 1 fully saturated rings. The van der Waals surface area contributed by atoms with Crippen LogP contribution >= 0.6 is 11.6 Å². The highest BCUT2D eigenvalue weighted by Gasteiger charge is 2.26. The molecule has 0 aromatic heterocycles. The van der Waals surface area contributed by atoms with E-state index in [9.17, 15) is 4.79 Å². The lowest BCUT2D eigenvalue weighted by Crippen LogP contribution is -2.51. The molecule has 1 aromatic carbocycles. The number of benzene rings is 1. The summed E-state index contributed by atoms with van der Waals surface area (Å²) in [5.41, 5.74) is 7.78. The highest BCUT2D eigenvalue weighted by Crippen LogP contribution is 2.23. The van der Waals surface area contributed by atoms with Gasteiger partial charge in [-0.25, -0.2) is 0 Å². The number of carbonyl (C=O) groups excluding carboxylic acids is 1. The maximum Gasteiger partial charge on any atom is 0.238 e. The van der Waals surface area contributed by atoms with Crippen molar-refractivity contribution in [1.29, 1.82) is 0 Å². The standard InChI is InChI=1S/C16H24ClN3O/c1-11-6-7-14(13(17)9-11)19-16(21)10-20-8-4-3-5-15(20)12(2)18/h6-7,9,12,15H,3-5,8,10,18H2,1-2H3,(H,19,21). The minimum absolute atomic E-state index is 0.0340. The summed E-state index contributed by atoms with van der Waals surface area (Å²) in [7, 11) is 0. The van der Waals surface area contributed by atoms with Gasteiger partial charge in [0.15, 0.2) is 0 Å². The van der Waals surface area contributed by atoms with Crippen LogP contribution in [0.25, 0.3) is 0 Å². The Labute approximate surface area is 131 Å². The number of nitrogens with one attached hydrogen (secondary N) is 1. The smallest absolute Gasteiger partial charge is 0.238 e. The van der Waals surface area contributed by atoms with Gasteiger partial charge in [-0.05, 0) is 50.9 Å². The predicted octanol–water partition coefficient (Wildman–Crippen LogP) is 2.79. The van der Waals surface area contributed by atoms with Crippen LogP contribution in [0.1, 0.15) is 31.7 Å². The van der Waals surface area contributed by atoms with Crippen LogP contribution in [0, 0.1) is 6.92 Å². The van der Waals surface area contributed by atoms with Gasteiger partial charge in [-0.1, -0.05) is 24.1 Å². The average Bonchev–Trinajstić information content (AvgIpc) is 2.42. The van der Waals surface area contributed by atoms with Gasteiger partial charge in [-0.3, -0.25) is 9.69 Å². The number of hydrogen-bond donors (Lipinski definition) is 2. The van der Waals surface area contributed by atoms with Gasteiger partial charge in [0.1, 0.15) is 0 Å². The number of nitrogens with two attached hydrogens (primary N) is 1. The third kappa shape index (κ3) is 4.43. The van der Waals surface area contributed by atoms with Crippen molar-refractivity contribution in [2.75, 3.05) is 18.4 Å². The summed E-state index contributed by atoms with van der Waals surface area (Å²) in [4.78, 5) is 14.4. The SMILES string of the molecule is Cc1ccc(NC(=O)CN2CCCCC2C(C)N)c(Cl)c1. The number of amides is 1. The van der Waals surface area contributed by atoms with Crippen molar-refractivity contribution in [3.8, 4) is 0 Å². The summed E-state index contributed by atoms with van der Waals surface area (Å²) >= 11 is 6.15. The largest absolute Gasteiger partial charge is 0.327 e. The Morgan fingerprint density at radius 3 is 2.95 bits per heavy atom. The van der Waals surface area contributed by atoms with Crippen LogP contribution in [0.3, 0.4) is 0 Å². The third-order valence-electron chi connectivity index (χ3n) is 4.02. The zero-order valence-electron chi connectivity index (χ0n) is 12.7. The number of hydrogen-bond acceptors (Lipinski definition) is 3. The lowest BCUT2D eigenvalue weighted by molar-refractivity contribution is -0.118. The molecule has 1 heterocycles. The molecule has 1 amide bonds. The fraction of sp³-hybridized carbons (Fsp3) is 0.562. The summed E-state index contributed by atoms with van der Waals surface area (Å²) < 4.78 is 0. The Balaban J connectivity index is 1.97. The van der Waals surface area contributed by atoms with E-state index in [0.717, 1.165) is 24.9 Å². The highest BCUT2D eigenvalue weighted by atomic mass is 35.5. The van der Waals surface area contributed by atoms with Gasteiger partial charge in [-0.15, -0.1) is 0 Å². The molecule has 2 unspecified atom stereocenters. The van der Waals surface area contributed by atoms with Crippen molar-refractivity contribution in [2.45, 2.75) is 45.2 Å². The summed E-state index contributed by atoms with van der Waals surface area (Å²) in [5.74, 6) is -0.0340. The molecule has 4 nitrogen and oxygen atoms in total. The molecule has 0 radical (unpaired) electrons. The van der Waals surface area contributed by atoms with Gasteiger partial charge in [0.2, 0.25) is 5.91 Å². The molecule has 5 heteroatoms. The van der Waals surface area contributed by atoms with Crippen molar-refractivity contribution in [2.24, 2.45) is 5.73 Å². The molecular weight excluding hydrogens is 286 g/mol. The number of nitrogens with zero attached hydrogens (tertiary/aromatic N) is 1. The monoisotopic (exact) mass is 309 g/mol. The molecular formula is C16H24ClN3O. The number of halogens is 1. The fourth-order valence-corrected chi connectivity index (χ4v) is 3.19. The quantitative estimate of drug-likeness (QED) is 0.899. The van der Waals surface area contributed by atoms with E-state index < -0.39 is 0 Å². The maximum atomic E-state index is 12.2. The normalized spacial score (nSPS) is 21.0. The molecule has 1 aromatic rings. The first-order chi connectivity index (χ1) is 9.97. The average molecular weight is 310 g/mol. The maximum absolute atomic E-state index is 12.2. The van der Waals surface area contributed by atoms with E-state index in [0.29, 0.717) is 17.3 Å². The van der Waals surface area contributed by atoms with E-state index in [2.05, 4.69) is 10.2 Å². The third-order valence-corrected chi connectivity index (χ3v) is 4.33. The molecule has 2 rings (SSSR count). The lowest BCUT2D eigenvalue weighted by atomic mass is 9.97. The Kier molecular flexibility index (Phi) is 5.62. The van der Waals surface area contributed by atoms with E-state index in [-0.39, 0.29) is 18.0 Å². The first-order valence-electron chi connectivity index (χ1n) is 7.53. The van der Waals surface area contributed by atoms with E-state index >= 15 is 0 Å². The van der Waals surface area contributed by atoms with E-state index in [1.54, 1.807) is 0 Å². The first-order valence-corrected chi connectivity index (χ1v) is 7.91. The van der Waals surface area contributed by atoms with Gasteiger partial charge >= 0.3 is 0 Å². The second-order valence-corrected chi connectivity index (χ2v) is 6.33. The van der Waals surface area contributed by atoms with Crippen molar-refractivity contribution in [1.82, 2.24) is 4.90 Å². The van der Waals surface area contributed by atoms with Crippen molar-refractivity contribution in [3.63, 3.8) is 0 Å². The molecule has 0 bridgehead atoms.